The molecule has 0 radical (unpaired) electrons. The monoisotopic (exact) mass is 619 g/mol. The molecule has 0 amide bonds. The van der Waals surface area contributed by atoms with E-state index in [1.165, 1.54) is 63.4 Å². The SMILES string of the molecule is C=C(CCCCCCCCC(=C)OC1CC(C)(C)N(OC(C)CC)C(C)(C)C1)CC1CC(C)(C)N(OC(C)CC)C(C)(C)C1. The van der Waals surface area contributed by atoms with Gasteiger partial charge in [-0.15, -0.1) is 0 Å². The molecule has 0 N–H and O–H groups in total. The number of unbranched alkanes of at least 4 members (excludes halogenated alkanes) is 5. The second-order valence-corrected chi connectivity index (χ2v) is 17.0. The molecule has 2 aliphatic rings. The van der Waals surface area contributed by atoms with Crippen LogP contribution in [0.5, 0.6) is 0 Å². The average molecular weight is 619 g/mol. The van der Waals surface area contributed by atoms with Gasteiger partial charge in [-0.3, -0.25) is 9.68 Å². The topological polar surface area (TPSA) is 34.2 Å². The molecular formula is C39H74N2O3. The maximum Gasteiger partial charge on any atom is 0.102 e. The molecule has 44 heavy (non-hydrogen) atoms. The lowest BCUT2D eigenvalue weighted by Gasteiger charge is -2.54. The smallest absolute Gasteiger partial charge is 0.102 e. The fraction of sp³-hybridized carbons (Fsp3) is 0.897. The van der Waals surface area contributed by atoms with Gasteiger partial charge in [0.2, 0.25) is 0 Å². The molecule has 5 heteroatoms. The van der Waals surface area contributed by atoms with Crippen LogP contribution in [-0.4, -0.2) is 50.6 Å². The van der Waals surface area contributed by atoms with Crippen LogP contribution in [0.1, 0.15) is 179 Å². The van der Waals surface area contributed by atoms with Crippen LogP contribution in [0.25, 0.3) is 0 Å². The van der Waals surface area contributed by atoms with Crippen molar-refractivity contribution in [2.45, 2.75) is 220 Å². The highest BCUT2D eigenvalue weighted by Crippen LogP contribution is 2.44. The Balaban J connectivity index is 1.62. The van der Waals surface area contributed by atoms with Crippen LogP contribution in [-0.2, 0) is 14.4 Å². The van der Waals surface area contributed by atoms with Crippen molar-refractivity contribution in [1.29, 1.82) is 0 Å². The summed E-state index contributed by atoms with van der Waals surface area (Å²) in [5, 5.41) is 4.55. The van der Waals surface area contributed by atoms with E-state index >= 15 is 0 Å². The van der Waals surface area contributed by atoms with E-state index in [9.17, 15) is 0 Å². The van der Waals surface area contributed by atoms with Crippen molar-refractivity contribution < 1.29 is 14.4 Å². The van der Waals surface area contributed by atoms with Crippen molar-refractivity contribution in [2.75, 3.05) is 0 Å². The van der Waals surface area contributed by atoms with Gasteiger partial charge in [-0.1, -0.05) is 58.3 Å². The van der Waals surface area contributed by atoms with Crippen molar-refractivity contribution >= 4 is 0 Å². The van der Waals surface area contributed by atoms with E-state index in [0.717, 1.165) is 44.3 Å². The molecule has 2 heterocycles. The Morgan fingerprint density at radius 3 is 1.45 bits per heavy atom. The number of piperidine rings is 2. The number of hydroxylamine groups is 4. The summed E-state index contributed by atoms with van der Waals surface area (Å²) in [5.74, 6) is 1.64. The van der Waals surface area contributed by atoms with Gasteiger partial charge in [0, 0.05) is 41.4 Å². The molecule has 2 unspecified atom stereocenters. The highest BCUT2D eigenvalue weighted by molar-refractivity contribution is 5.03. The van der Waals surface area contributed by atoms with Crippen LogP contribution >= 0.6 is 0 Å². The molecule has 2 atom stereocenters. The van der Waals surface area contributed by atoms with Crippen LogP contribution in [0, 0.1) is 5.92 Å². The Kier molecular flexibility index (Phi) is 15.0. The van der Waals surface area contributed by atoms with Crippen molar-refractivity contribution in [3.05, 3.63) is 24.5 Å². The summed E-state index contributed by atoms with van der Waals surface area (Å²) in [7, 11) is 0. The third kappa shape index (κ3) is 12.0. The highest BCUT2D eigenvalue weighted by Gasteiger charge is 2.48. The first-order chi connectivity index (χ1) is 20.3. The predicted octanol–water partition coefficient (Wildman–Crippen LogP) is 11.3. The Bertz CT molecular complexity index is 784. The van der Waals surface area contributed by atoms with Gasteiger partial charge < -0.3 is 4.74 Å². The molecule has 0 spiro atoms. The molecule has 0 aromatic carbocycles. The second kappa shape index (κ2) is 16.8. The zero-order valence-corrected chi connectivity index (χ0v) is 31.4. The predicted molar refractivity (Wildman–Crippen MR) is 188 cm³/mol. The summed E-state index contributed by atoms with van der Waals surface area (Å²) in [6.45, 7) is 36.0. The Hall–Kier alpha value is -0.880. The Morgan fingerprint density at radius 1 is 0.636 bits per heavy atom. The average Bonchev–Trinajstić information content (AvgIpc) is 2.88. The number of nitrogens with zero attached hydrogens (tertiary/aromatic N) is 2. The molecule has 0 aliphatic carbocycles. The molecule has 0 aromatic heterocycles. The van der Waals surface area contributed by atoms with Crippen molar-refractivity contribution in [1.82, 2.24) is 10.1 Å². The molecule has 258 valence electrons. The van der Waals surface area contributed by atoms with Crippen LogP contribution in [0.4, 0.5) is 0 Å². The number of allylic oxidation sites excluding steroid dienone is 2. The van der Waals surface area contributed by atoms with Crippen molar-refractivity contribution in [3.63, 3.8) is 0 Å². The van der Waals surface area contributed by atoms with Gasteiger partial charge in [0.25, 0.3) is 0 Å². The molecule has 2 fully saturated rings. The quantitative estimate of drug-likeness (QED) is 0.0817. The maximum atomic E-state index is 6.43. The molecule has 2 saturated heterocycles. The number of hydrogen-bond acceptors (Lipinski definition) is 5. The van der Waals surface area contributed by atoms with E-state index in [2.05, 4.69) is 106 Å². The molecule has 5 nitrogen and oxygen atoms in total. The van der Waals surface area contributed by atoms with E-state index in [-0.39, 0.29) is 40.5 Å². The van der Waals surface area contributed by atoms with E-state index in [1.54, 1.807) is 0 Å². The molecule has 0 aromatic rings. The van der Waals surface area contributed by atoms with Crippen LogP contribution in [0.15, 0.2) is 24.5 Å². The van der Waals surface area contributed by atoms with Crippen molar-refractivity contribution in [2.24, 2.45) is 5.92 Å². The fourth-order valence-corrected chi connectivity index (χ4v) is 8.16. The molecule has 2 rings (SSSR count). The largest absolute Gasteiger partial charge is 0.495 e. The summed E-state index contributed by atoms with van der Waals surface area (Å²) < 4.78 is 6.43. The normalized spacial score (nSPS) is 23.7. The van der Waals surface area contributed by atoms with Gasteiger partial charge in [-0.05, 0) is 127 Å². The highest BCUT2D eigenvalue weighted by atomic mass is 16.7. The summed E-state index contributed by atoms with van der Waals surface area (Å²) in [5.41, 5.74) is 1.37. The van der Waals surface area contributed by atoms with Gasteiger partial charge in [0.15, 0.2) is 0 Å². The van der Waals surface area contributed by atoms with Crippen LogP contribution in [0.2, 0.25) is 0 Å². The van der Waals surface area contributed by atoms with Crippen LogP contribution < -0.4 is 0 Å². The third-order valence-electron chi connectivity index (χ3n) is 10.1. The minimum Gasteiger partial charge on any atom is -0.495 e. The summed E-state index contributed by atoms with van der Waals surface area (Å²) in [4.78, 5) is 12.8. The zero-order chi connectivity index (χ0) is 33.3. The second-order valence-electron chi connectivity index (χ2n) is 17.0. The number of ether oxygens (including phenoxy) is 1. The van der Waals surface area contributed by atoms with Gasteiger partial charge >= 0.3 is 0 Å². The zero-order valence-electron chi connectivity index (χ0n) is 31.4. The lowest BCUT2D eigenvalue weighted by molar-refractivity contribution is -0.312. The first-order valence-electron chi connectivity index (χ1n) is 18.3. The standard InChI is InChI=1S/C39H74N2O3/c1-15-31(4)43-40-36(7,8)26-34(27-37(40,9)10)25-30(3)23-21-19-17-18-20-22-24-33(6)42-35-28-38(11,12)41(39(13,14)29-35)44-32(5)16-2/h31-32,34-35H,3,6,15-29H2,1-2,4-5,7-14H3. The summed E-state index contributed by atoms with van der Waals surface area (Å²) in [6.07, 6.45) is 17.9. The van der Waals surface area contributed by atoms with E-state index in [0.29, 0.717) is 5.92 Å². The first-order valence-corrected chi connectivity index (χ1v) is 18.3. The minimum atomic E-state index is -0.0752. The summed E-state index contributed by atoms with van der Waals surface area (Å²) in [6, 6.07) is 0. The lowest BCUT2D eigenvalue weighted by Crippen LogP contribution is -2.62. The maximum absolute atomic E-state index is 6.43. The van der Waals surface area contributed by atoms with Gasteiger partial charge in [0.1, 0.15) is 6.10 Å². The Morgan fingerprint density at radius 2 is 1.02 bits per heavy atom. The number of hydrogen-bond donors (Lipinski definition) is 0. The molecule has 0 bridgehead atoms. The first kappa shape index (κ1) is 39.3. The summed E-state index contributed by atoms with van der Waals surface area (Å²) >= 11 is 0. The minimum absolute atomic E-state index is 0.0410. The van der Waals surface area contributed by atoms with E-state index < -0.39 is 0 Å². The van der Waals surface area contributed by atoms with Crippen molar-refractivity contribution in [3.8, 4) is 0 Å². The van der Waals surface area contributed by atoms with Gasteiger partial charge in [0.05, 0.1) is 18.0 Å². The molecule has 2 aliphatic heterocycles. The molecule has 0 saturated carbocycles. The third-order valence-corrected chi connectivity index (χ3v) is 10.1. The fourth-order valence-electron chi connectivity index (χ4n) is 8.16. The Labute approximate surface area is 274 Å². The van der Waals surface area contributed by atoms with Crippen LogP contribution in [0.3, 0.4) is 0 Å². The molecular weight excluding hydrogens is 544 g/mol. The number of rotatable bonds is 19. The van der Waals surface area contributed by atoms with Gasteiger partial charge in [-0.25, -0.2) is 0 Å². The lowest BCUT2D eigenvalue weighted by atomic mass is 9.73. The van der Waals surface area contributed by atoms with E-state index in [4.69, 9.17) is 14.4 Å². The van der Waals surface area contributed by atoms with E-state index in [1.807, 2.05) is 0 Å². The van der Waals surface area contributed by atoms with Gasteiger partial charge in [-0.2, -0.15) is 10.1 Å².